The number of amides is 2. The molecule has 0 spiro atoms. The number of hydrogen-bond donors (Lipinski definition) is 2. The van der Waals surface area contributed by atoms with E-state index in [0.717, 1.165) is 34.7 Å². The van der Waals surface area contributed by atoms with Gasteiger partial charge in [0.15, 0.2) is 0 Å². The summed E-state index contributed by atoms with van der Waals surface area (Å²) in [5, 5.41) is 8.78. The molecule has 0 radical (unpaired) electrons. The van der Waals surface area contributed by atoms with E-state index in [1.54, 1.807) is 23.7 Å². The first kappa shape index (κ1) is 20.7. The number of rotatable bonds is 10. The maximum absolute atomic E-state index is 11.9. The van der Waals surface area contributed by atoms with Crippen LogP contribution in [0.15, 0.2) is 60.2 Å². The van der Waals surface area contributed by atoms with Gasteiger partial charge in [0.05, 0.1) is 17.1 Å². The van der Waals surface area contributed by atoms with Gasteiger partial charge in [-0.3, -0.25) is 14.6 Å². The fraction of sp³-hybridized carbons (Fsp3) is 0.273. The SMILES string of the molecule is O=C(CCNC(=O)Cc1ccccc1)NCCCc1nc(-c2ccncc2)cs1. The van der Waals surface area contributed by atoms with Crippen molar-refractivity contribution in [1.82, 2.24) is 20.6 Å². The summed E-state index contributed by atoms with van der Waals surface area (Å²) in [6.45, 7) is 0.945. The highest BCUT2D eigenvalue weighted by atomic mass is 32.1. The van der Waals surface area contributed by atoms with Crippen LogP contribution in [0.3, 0.4) is 0 Å². The van der Waals surface area contributed by atoms with Crippen molar-refractivity contribution in [3.8, 4) is 11.3 Å². The van der Waals surface area contributed by atoms with Gasteiger partial charge in [0, 0.05) is 49.3 Å². The van der Waals surface area contributed by atoms with Gasteiger partial charge in [0.25, 0.3) is 0 Å². The van der Waals surface area contributed by atoms with Crippen molar-refractivity contribution < 1.29 is 9.59 Å². The second kappa shape index (κ2) is 11.1. The molecular formula is C22H24N4O2S. The Labute approximate surface area is 174 Å². The molecule has 2 heterocycles. The fourth-order valence-corrected chi connectivity index (χ4v) is 3.65. The van der Waals surface area contributed by atoms with E-state index in [2.05, 4.69) is 20.6 Å². The Kier molecular flexibility index (Phi) is 7.89. The summed E-state index contributed by atoms with van der Waals surface area (Å²) < 4.78 is 0. The second-order valence-electron chi connectivity index (χ2n) is 6.58. The third-order valence-electron chi connectivity index (χ3n) is 4.30. The van der Waals surface area contributed by atoms with Gasteiger partial charge in [-0.2, -0.15) is 0 Å². The molecule has 6 nitrogen and oxygen atoms in total. The number of thiazole rings is 1. The molecule has 7 heteroatoms. The predicted octanol–water partition coefficient (Wildman–Crippen LogP) is 3.00. The fourth-order valence-electron chi connectivity index (χ4n) is 2.80. The summed E-state index contributed by atoms with van der Waals surface area (Å²) in [7, 11) is 0. The van der Waals surface area contributed by atoms with Crippen molar-refractivity contribution in [1.29, 1.82) is 0 Å². The van der Waals surface area contributed by atoms with E-state index >= 15 is 0 Å². The second-order valence-corrected chi connectivity index (χ2v) is 7.52. The number of hydrogen-bond acceptors (Lipinski definition) is 5. The monoisotopic (exact) mass is 408 g/mol. The summed E-state index contributed by atoms with van der Waals surface area (Å²) in [5.41, 5.74) is 2.98. The lowest BCUT2D eigenvalue weighted by Gasteiger charge is -2.06. The zero-order valence-electron chi connectivity index (χ0n) is 16.1. The van der Waals surface area contributed by atoms with E-state index in [4.69, 9.17) is 0 Å². The molecule has 2 N–H and O–H groups in total. The molecule has 1 aromatic carbocycles. The van der Waals surface area contributed by atoms with Crippen molar-refractivity contribution >= 4 is 23.2 Å². The zero-order valence-corrected chi connectivity index (χ0v) is 17.0. The van der Waals surface area contributed by atoms with Crippen LogP contribution in [0, 0.1) is 0 Å². The lowest BCUT2D eigenvalue weighted by atomic mass is 10.1. The van der Waals surface area contributed by atoms with Crippen molar-refractivity contribution in [2.75, 3.05) is 13.1 Å². The van der Waals surface area contributed by atoms with E-state index in [9.17, 15) is 9.59 Å². The first-order valence-electron chi connectivity index (χ1n) is 9.63. The Balaban J connectivity index is 1.27. The van der Waals surface area contributed by atoms with Crippen LogP contribution in [0.4, 0.5) is 0 Å². The molecule has 0 bridgehead atoms. The van der Waals surface area contributed by atoms with E-state index < -0.39 is 0 Å². The summed E-state index contributed by atoms with van der Waals surface area (Å²) in [6.07, 6.45) is 5.78. The van der Waals surface area contributed by atoms with Gasteiger partial charge >= 0.3 is 0 Å². The summed E-state index contributed by atoms with van der Waals surface area (Å²) in [6, 6.07) is 13.4. The maximum Gasteiger partial charge on any atom is 0.224 e. The Hall–Kier alpha value is -3.06. The van der Waals surface area contributed by atoms with Crippen LogP contribution >= 0.6 is 11.3 Å². The first-order valence-corrected chi connectivity index (χ1v) is 10.5. The highest BCUT2D eigenvalue weighted by Gasteiger charge is 2.07. The number of benzene rings is 1. The Morgan fingerprint density at radius 1 is 0.931 bits per heavy atom. The van der Waals surface area contributed by atoms with Gasteiger partial charge < -0.3 is 10.6 Å². The maximum atomic E-state index is 11.9. The molecule has 0 aliphatic carbocycles. The van der Waals surface area contributed by atoms with E-state index in [1.165, 1.54) is 0 Å². The lowest BCUT2D eigenvalue weighted by molar-refractivity contribution is -0.122. The van der Waals surface area contributed by atoms with Crippen LogP contribution in [0.25, 0.3) is 11.3 Å². The van der Waals surface area contributed by atoms with Crippen molar-refractivity contribution in [3.05, 3.63) is 70.8 Å². The summed E-state index contributed by atoms with van der Waals surface area (Å²) in [5.74, 6) is -0.126. The van der Waals surface area contributed by atoms with Crippen LogP contribution in [0.2, 0.25) is 0 Å². The third-order valence-corrected chi connectivity index (χ3v) is 5.21. The zero-order chi connectivity index (χ0) is 20.3. The number of nitrogens with one attached hydrogen (secondary N) is 2. The van der Waals surface area contributed by atoms with Gasteiger partial charge in [-0.05, 0) is 24.1 Å². The van der Waals surface area contributed by atoms with Gasteiger partial charge in [-0.25, -0.2) is 4.98 Å². The minimum atomic E-state index is -0.0715. The average Bonchev–Trinajstić information content (AvgIpc) is 3.22. The molecule has 3 aromatic rings. The van der Waals surface area contributed by atoms with Crippen LogP contribution in [-0.4, -0.2) is 34.9 Å². The van der Waals surface area contributed by atoms with E-state index in [-0.39, 0.29) is 18.2 Å². The molecule has 0 atom stereocenters. The minimum Gasteiger partial charge on any atom is -0.356 e. The van der Waals surface area contributed by atoms with Gasteiger partial charge in [-0.1, -0.05) is 30.3 Å². The third kappa shape index (κ3) is 7.12. The van der Waals surface area contributed by atoms with Crippen LogP contribution < -0.4 is 10.6 Å². The molecule has 0 aliphatic heterocycles. The molecule has 0 fully saturated rings. The lowest BCUT2D eigenvalue weighted by Crippen LogP contribution is -2.32. The van der Waals surface area contributed by atoms with Crippen molar-refractivity contribution in [2.24, 2.45) is 0 Å². The molecule has 29 heavy (non-hydrogen) atoms. The molecule has 0 saturated carbocycles. The molecule has 2 aromatic heterocycles. The topological polar surface area (TPSA) is 84.0 Å². The van der Waals surface area contributed by atoms with E-state index in [1.807, 2.05) is 47.8 Å². The number of pyridine rings is 1. The predicted molar refractivity (Wildman–Crippen MR) is 114 cm³/mol. The minimum absolute atomic E-state index is 0.0541. The van der Waals surface area contributed by atoms with Crippen molar-refractivity contribution in [2.45, 2.75) is 25.7 Å². The standard InChI is InChI=1S/C22H24N4O2S/c27-20(10-14-25-21(28)15-17-5-2-1-3-6-17)24-11-4-7-22-26-19(16-29-22)18-8-12-23-13-9-18/h1-3,5-6,8-9,12-13,16H,4,7,10-11,14-15H2,(H,24,27)(H,25,28). The smallest absolute Gasteiger partial charge is 0.224 e. The van der Waals surface area contributed by atoms with Gasteiger partial charge in [0.2, 0.25) is 11.8 Å². The van der Waals surface area contributed by atoms with Crippen molar-refractivity contribution in [3.63, 3.8) is 0 Å². The molecule has 3 rings (SSSR count). The Morgan fingerprint density at radius 2 is 1.69 bits per heavy atom. The normalized spacial score (nSPS) is 10.5. The van der Waals surface area contributed by atoms with E-state index in [0.29, 0.717) is 19.5 Å². The first-order chi connectivity index (χ1) is 14.2. The van der Waals surface area contributed by atoms with Gasteiger partial charge in [0.1, 0.15) is 0 Å². The highest BCUT2D eigenvalue weighted by molar-refractivity contribution is 7.09. The molecular weight excluding hydrogens is 384 g/mol. The Morgan fingerprint density at radius 3 is 2.48 bits per heavy atom. The number of carbonyl (C=O) groups is 2. The molecule has 0 aliphatic rings. The highest BCUT2D eigenvalue weighted by Crippen LogP contribution is 2.21. The molecule has 2 amide bonds. The number of aromatic nitrogens is 2. The van der Waals surface area contributed by atoms with Crippen LogP contribution in [-0.2, 0) is 22.4 Å². The average molecular weight is 409 g/mol. The summed E-state index contributed by atoms with van der Waals surface area (Å²) in [4.78, 5) is 32.4. The van der Waals surface area contributed by atoms with Gasteiger partial charge in [-0.15, -0.1) is 11.3 Å². The molecule has 150 valence electrons. The molecule has 0 saturated heterocycles. The van der Waals surface area contributed by atoms with Crippen LogP contribution in [0.5, 0.6) is 0 Å². The number of aryl methyl sites for hydroxylation is 1. The largest absolute Gasteiger partial charge is 0.356 e. The quantitative estimate of drug-likeness (QED) is 0.505. The Bertz CT molecular complexity index is 913. The van der Waals surface area contributed by atoms with Crippen LogP contribution in [0.1, 0.15) is 23.4 Å². The number of nitrogens with zero attached hydrogens (tertiary/aromatic N) is 2. The summed E-state index contributed by atoms with van der Waals surface area (Å²) >= 11 is 1.63. The molecule has 0 unspecified atom stereocenters. The number of carbonyl (C=O) groups excluding carboxylic acids is 2.